The lowest BCUT2D eigenvalue weighted by molar-refractivity contribution is 0.308. The van der Waals surface area contributed by atoms with Gasteiger partial charge in [0.25, 0.3) is 0 Å². The van der Waals surface area contributed by atoms with Crippen LogP contribution in [0, 0.1) is 0 Å². The van der Waals surface area contributed by atoms with Crippen LogP contribution in [0.5, 0.6) is 5.75 Å². The highest BCUT2D eigenvalue weighted by atomic mass is 32.1. The number of methoxy groups -OCH3 is 1. The van der Waals surface area contributed by atoms with Gasteiger partial charge in [0.2, 0.25) is 0 Å². The van der Waals surface area contributed by atoms with Crippen LogP contribution >= 0.6 is 12.2 Å². The van der Waals surface area contributed by atoms with Crippen LogP contribution in [0.2, 0.25) is 0 Å². The quantitative estimate of drug-likeness (QED) is 0.635. The van der Waals surface area contributed by atoms with Crippen LogP contribution in [0.4, 0.5) is 0 Å². The van der Waals surface area contributed by atoms with Gasteiger partial charge in [-0.25, -0.2) is 0 Å². The molecule has 1 aliphatic heterocycles. The number of hydrogen-bond acceptors (Lipinski definition) is 3. The Morgan fingerprint density at radius 1 is 1.11 bits per heavy atom. The van der Waals surface area contributed by atoms with E-state index in [1.807, 2.05) is 36.5 Å². The molecule has 1 fully saturated rings. The number of aromatic nitrogens is 2. The van der Waals surface area contributed by atoms with Crippen molar-refractivity contribution in [3.63, 3.8) is 0 Å². The molecule has 1 saturated heterocycles. The second-order valence-electron chi connectivity index (χ2n) is 6.79. The van der Waals surface area contributed by atoms with Gasteiger partial charge in [-0.1, -0.05) is 25.1 Å². The summed E-state index contributed by atoms with van der Waals surface area (Å²) in [6.45, 7) is 3.06. The Kier molecular flexibility index (Phi) is 5.30. The lowest BCUT2D eigenvalue weighted by Crippen LogP contribution is -2.31. The van der Waals surface area contributed by atoms with Gasteiger partial charge in [-0.2, -0.15) is 0 Å². The molecular weight excluding hydrogens is 368 g/mol. The monoisotopic (exact) mass is 392 g/mol. The molecule has 6 heteroatoms. The highest BCUT2D eigenvalue weighted by molar-refractivity contribution is 7.80. The zero-order chi connectivity index (χ0) is 19.5. The Morgan fingerprint density at radius 2 is 1.93 bits per heavy atom. The fraction of sp³-hybridized carbons (Fsp3) is 0.273. The number of ether oxygens (including phenoxy) is 1. The lowest BCUT2D eigenvalue weighted by Gasteiger charge is -2.29. The average molecular weight is 393 g/mol. The zero-order valence-corrected chi connectivity index (χ0v) is 16.9. The largest absolute Gasteiger partial charge is 0.495 e. The second kappa shape index (κ2) is 8.02. The van der Waals surface area contributed by atoms with E-state index in [1.165, 1.54) is 0 Å². The summed E-state index contributed by atoms with van der Waals surface area (Å²) in [7, 11) is 1.70. The fourth-order valence-corrected chi connectivity index (χ4v) is 4.22. The Balaban J connectivity index is 1.83. The third-order valence-corrected chi connectivity index (χ3v) is 5.44. The Hall–Kier alpha value is -2.86. The molecule has 0 aliphatic carbocycles. The summed E-state index contributed by atoms with van der Waals surface area (Å²) in [6, 6.07) is 18.3. The van der Waals surface area contributed by atoms with Crippen molar-refractivity contribution in [1.29, 1.82) is 0 Å². The van der Waals surface area contributed by atoms with E-state index in [9.17, 15) is 0 Å². The van der Waals surface area contributed by atoms with Crippen LogP contribution in [0.15, 0.2) is 67.0 Å². The molecule has 0 saturated carbocycles. The summed E-state index contributed by atoms with van der Waals surface area (Å²) < 4.78 is 7.80. The SMILES string of the molecule is CCCN1C(=S)N[C@H](c2ccccn2)[C@@H]1c1cccn1-c1ccccc1OC. The minimum Gasteiger partial charge on any atom is -0.495 e. The van der Waals surface area contributed by atoms with Gasteiger partial charge in [0.1, 0.15) is 5.75 Å². The van der Waals surface area contributed by atoms with Gasteiger partial charge in [0.05, 0.1) is 30.6 Å². The van der Waals surface area contributed by atoms with Gasteiger partial charge in [0, 0.05) is 24.6 Å². The molecule has 144 valence electrons. The van der Waals surface area contributed by atoms with E-state index < -0.39 is 0 Å². The molecule has 1 N–H and O–H groups in total. The third kappa shape index (κ3) is 3.24. The topological polar surface area (TPSA) is 42.3 Å². The van der Waals surface area contributed by atoms with E-state index in [-0.39, 0.29) is 12.1 Å². The molecule has 2 aromatic heterocycles. The van der Waals surface area contributed by atoms with Crippen molar-refractivity contribution < 1.29 is 4.74 Å². The number of para-hydroxylation sites is 2. The first-order valence-electron chi connectivity index (χ1n) is 9.53. The van der Waals surface area contributed by atoms with E-state index in [0.717, 1.165) is 40.9 Å². The number of nitrogens with zero attached hydrogens (tertiary/aromatic N) is 3. The van der Waals surface area contributed by atoms with Crippen LogP contribution in [0.25, 0.3) is 5.69 Å². The smallest absolute Gasteiger partial charge is 0.170 e. The highest BCUT2D eigenvalue weighted by Crippen LogP contribution is 2.40. The van der Waals surface area contributed by atoms with E-state index in [2.05, 4.69) is 57.2 Å². The molecule has 3 heterocycles. The van der Waals surface area contributed by atoms with Crippen molar-refractivity contribution in [2.75, 3.05) is 13.7 Å². The van der Waals surface area contributed by atoms with E-state index in [4.69, 9.17) is 17.0 Å². The molecule has 0 radical (unpaired) electrons. The Morgan fingerprint density at radius 3 is 2.68 bits per heavy atom. The standard InChI is InChI=1S/C22H24N4OS/c1-3-14-26-21(20(24-22(26)28)16-9-6-7-13-23-16)18-11-8-15-25(18)17-10-4-5-12-19(17)27-2/h4-13,15,20-21H,3,14H2,1-2H3,(H,24,28)/t20-,21+/m1/s1. The Labute approximate surface area is 171 Å². The number of hydrogen-bond donors (Lipinski definition) is 1. The lowest BCUT2D eigenvalue weighted by atomic mass is 10.0. The summed E-state index contributed by atoms with van der Waals surface area (Å²) in [6.07, 6.45) is 4.93. The number of benzene rings is 1. The van der Waals surface area contributed by atoms with Crippen LogP contribution in [0.3, 0.4) is 0 Å². The maximum Gasteiger partial charge on any atom is 0.170 e. The molecule has 0 amide bonds. The van der Waals surface area contributed by atoms with Crippen molar-refractivity contribution in [3.05, 3.63) is 78.4 Å². The van der Waals surface area contributed by atoms with Crippen molar-refractivity contribution in [1.82, 2.24) is 19.8 Å². The molecular formula is C22H24N4OS. The zero-order valence-electron chi connectivity index (χ0n) is 16.1. The van der Waals surface area contributed by atoms with Gasteiger partial charge in [-0.15, -0.1) is 0 Å². The maximum absolute atomic E-state index is 5.70. The molecule has 1 aromatic carbocycles. The Bertz CT molecular complexity index is 956. The van der Waals surface area contributed by atoms with Gasteiger partial charge in [-0.3, -0.25) is 4.98 Å². The van der Waals surface area contributed by atoms with Crippen LogP contribution in [-0.4, -0.2) is 33.2 Å². The molecule has 3 aromatic rings. The number of rotatable bonds is 6. The van der Waals surface area contributed by atoms with Gasteiger partial charge in [-0.05, 0) is 55.0 Å². The molecule has 28 heavy (non-hydrogen) atoms. The van der Waals surface area contributed by atoms with E-state index in [1.54, 1.807) is 7.11 Å². The maximum atomic E-state index is 5.70. The van der Waals surface area contributed by atoms with Crippen LogP contribution < -0.4 is 10.1 Å². The normalized spacial score (nSPS) is 18.9. The second-order valence-corrected chi connectivity index (χ2v) is 7.18. The molecule has 4 rings (SSSR count). The van der Waals surface area contributed by atoms with Crippen molar-refractivity contribution in [2.24, 2.45) is 0 Å². The fourth-order valence-electron chi connectivity index (χ4n) is 3.89. The van der Waals surface area contributed by atoms with Crippen LogP contribution in [-0.2, 0) is 0 Å². The van der Waals surface area contributed by atoms with Gasteiger partial charge >= 0.3 is 0 Å². The molecule has 1 aliphatic rings. The average Bonchev–Trinajstić information content (AvgIpc) is 3.33. The number of pyridine rings is 1. The molecule has 2 atom stereocenters. The summed E-state index contributed by atoms with van der Waals surface area (Å²) in [4.78, 5) is 6.88. The summed E-state index contributed by atoms with van der Waals surface area (Å²) in [5.41, 5.74) is 3.15. The predicted molar refractivity (Wildman–Crippen MR) is 115 cm³/mol. The highest BCUT2D eigenvalue weighted by Gasteiger charge is 2.40. The minimum absolute atomic E-state index is 0.0105. The molecule has 5 nitrogen and oxygen atoms in total. The van der Waals surface area contributed by atoms with Crippen molar-refractivity contribution >= 4 is 17.3 Å². The minimum atomic E-state index is -0.0105. The number of thiocarbonyl (C=S) groups is 1. The first-order chi connectivity index (χ1) is 13.7. The molecule has 0 spiro atoms. The first kappa shape index (κ1) is 18.5. The van der Waals surface area contributed by atoms with Gasteiger partial charge < -0.3 is 19.5 Å². The molecule has 0 bridgehead atoms. The predicted octanol–water partition coefficient (Wildman–Crippen LogP) is 4.26. The third-order valence-electron chi connectivity index (χ3n) is 5.09. The van der Waals surface area contributed by atoms with Gasteiger partial charge in [0.15, 0.2) is 5.11 Å². The summed E-state index contributed by atoms with van der Waals surface area (Å²) in [5.74, 6) is 0.838. The summed E-state index contributed by atoms with van der Waals surface area (Å²) >= 11 is 5.70. The molecule has 0 unspecified atom stereocenters. The summed E-state index contributed by atoms with van der Waals surface area (Å²) in [5, 5.41) is 4.27. The van der Waals surface area contributed by atoms with Crippen molar-refractivity contribution in [2.45, 2.75) is 25.4 Å². The van der Waals surface area contributed by atoms with E-state index in [0.29, 0.717) is 0 Å². The van der Waals surface area contributed by atoms with E-state index >= 15 is 0 Å². The first-order valence-corrected chi connectivity index (χ1v) is 9.94. The van der Waals surface area contributed by atoms with Crippen LogP contribution in [0.1, 0.15) is 36.8 Å². The number of nitrogens with one attached hydrogen (secondary N) is 1. The van der Waals surface area contributed by atoms with Crippen molar-refractivity contribution in [3.8, 4) is 11.4 Å².